The predicted octanol–water partition coefficient (Wildman–Crippen LogP) is 1.91. The van der Waals surface area contributed by atoms with E-state index in [2.05, 4.69) is 5.32 Å². The largest absolute Gasteiger partial charge is 0.471 e. The number of piperidine rings is 1. The summed E-state index contributed by atoms with van der Waals surface area (Å²) in [6.07, 6.45) is -6.47. The minimum absolute atomic E-state index is 0.0330. The molecule has 1 aromatic carbocycles. The first-order valence-corrected chi connectivity index (χ1v) is 14.2. The van der Waals surface area contributed by atoms with Crippen LogP contribution in [0.15, 0.2) is 35.1 Å². The number of carbonyl (C=O) groups excluding carboxylic acids is 4. The fourth-order valence-corrected chi connectivity index (χ4v) is 6.43. The van der Waals surface area contributed by atoms with Crippen LogP contribution in [0.3, 0.4) is 0 Å². The molecule has 1 saturated heterocycles. The highest BCUT2D eigenvalue weighted by atomic mass is 19.4. The first-order valence-electron chi connectivity index (χ1n) is 14.2. The zero-order valence-electron chi connectivity index (χ0n) is 25.6. The fourth-order valence-electron chi connectivity index (χ4n) is 6.43. The molecule has 1 unspecified atom stereocenters. The molecule has 1 aromatic heterocycles. The van der Waals surface area contributed by atoms with Gasteiger partial charge in [-0.05, 0) is 56.6 Å². The van der Waals surface area contributed by atoms with Crippen molar-refractivity contribution in [2.75, 3.05) is 6.54 Å². The second-order valence-corrected chi connectivity index (χ2v) is 13.1. The van der Waals surface area contributed by atoms with Crippen LogP contribution in [-0.2, 0) is 31.0 Å². The Morgan fingerprint density at radius 2 is 1.70 bits per heavy atom. The monoisotopic (exact) mass is 621 g/mol. The average Bonchev–Trinajstić information content (AvgIpc) is 3.22. The third kappa shape index (κ3) is 6.17. The minimum Gasteiger partial charge on any atom is -0.370 e. The predicted molar refractivity (Wildman–Crippen MR) is 154 cm³/mol. The molecule has 1 aliphatic heterocycles. The van der Waals surface area contributed by atoms with Crippen LogP contribution in [0.1, 0.15) is 53.1 Å². The van der Waals surface area contributed by atoms with Crippen molar-refractivity contribution in [3.8, 4) is 0 Å². The van der Waals surface area contributed by atoms with Gasteiger partial charge in [0, 0.05) is 25.0 Å². The topological polar surface area (TPSA) is 153 Å². The van der Waals surface area contributed by atoms with E-state index in [9.17, 15) is 37.1 Å². The second kappa shape index (κ2) is 11.2. The van der Waals surface area contributed by atoms with Crippen LogP contribution in [0.4, 0.5) is 13.2 Å². The van der Waals surface area contributed by atoms with E-state index in [0.29, 0.717) is 10.9 Å². The molecule has 44 heavy (non-hydrogen) atoms. The number of nitrogens with two attached hydrogens (primary N) is 1. The van der Waals surface area contributed by atoms with Crippen LogP contribution >= 0.6 is 0 Å². The van der Waals surface area contributed by atoms with Crippen molar-refractivity contribution in [3.63, 3.8) is 0 Å². The molecule has 2 aliphatic rings. The number of primary amides is 1. The van der Waals surface area contributed by atoms with Gasteiger partial charge in [-0.1, -0.05) is 32.0 Å². The molecule has 240 valence electrons. The van der Waals surface area contributed by atoms with E-state index in [1.807, 2.05) is 13.8 Å². The summed E-state index contributed by atoms with van der Waals surface area (Å²) in [7, 11) is 1.56. The summed E-state index contributed by atoms with van der Waals surface area (Å²) in [6.45, 7) is 10.1. The van der Waals surface area contributed by atoms with Crippen LogP contribution in [-0.4, -0.2) is 69.6 Å². The molecule has 2 aromatic rings. The lowest BCUT2D eigenvalue weighted by Gasteiger charge is -2.37. The Balaban J connectivity index is 1.70. The van der Waals surface area contributed by atoms with Crippen molar-refractivity contribution >= 4 is 34.5 Å². The zero-order valence-corrected chi connectivity index (χ0v) is 25.6. The lowest BCUT2D eigenvalue weighted by molar-refractivity contribution is -0.177. The first-order chi connectivity index (χ1) is 20.2. The average molecular weight is 622 g/mol. The summed E-state index contributed by atoms with van der Waals surface area (Å²) in [5.41, 5.74) is 4.65. The van der Waals surface area contributed by atoms with Gasteiger partial charge in [0.1, 0.15) is 18.1 Å². The van der Waals surface area contributed by atoms with Gasteiger partial charge in [-0.3, -0.25) is 24.0 Å². The van der Waals surface area contributed by atoms with Gasteiger partial charge in [0.05, 0.1) is 17.2 Å². The van der Waals surface area contributed by atoms with E-state index in [4.69, 9.17) is 10.5 Å². The number of hydrogen-bond acceptors (Lipinski definition) is 6. The molecular weight excluding hydrogens is 583 g/mol. The van der Waals surface area contributed by atoms with Crippen molar-refractivity contribution in [3.05, 3.63) is 46.2 Å². The molecule has 0 radical (unpaired) electrons. The molecule has 11 nitrogen and oxygen atoms in total. The van der Waals surface area contributed by atoms with E-state index in [-0.39, 0.29) is 18.0 Å². The minimum atomic E-state index is -5.27. The summed E-state index contributed by atoms with van der Waals surface area (Å²) in [4.78, 5) is 66.4. The number of alkyl halides is 3. The van der Waals surface area contributed by atoms with Gasteiger partial charge < -0.3 is 30.6 Å². The number of fused-ring (bicyclic) bond motifs is 2. The van der Waals surface area contributed by atoms with E-state index < -0.39 is 76.5 Å². The lowest BCUT2D eigenvalue weighted by atomic mass is 9.97. The summed E-state index contributed by atoms with van der Waals surface area (Å²) in [6, 6.07) is 3.52. The Labute approximate surface area is 252 Å². The standard InChI is InChI=1S/C30H38F3N5O6/c1-14(44-28(2,3)4)21(36-27(43)30(31,32)33)26(42)38-13-17-20(29(17,5)6)23(38)25(41)35-22(24(34)40)16-12-19(39)37(7)18-11-9-8-10-15(16)18/h8-12,14,17,20-23H,13H2,1-7H3,(H2,34,40)(H,35,41)(H,36,43)/t14-,17+,20+,21+,22?,23+/m1/s1. The molecule has 0 bridgehead atoms. The first kappa shape index (κ1) is 33.0. The normalized spacial score (nSPS) is 23.0. The number of pyridine rings is 1. The van der Waals surface area contributed by atoms with Crippen molar-refractivity contribution in [2.45, 2.75) is 77.5 Å². The number of rotatable bonds is 8. The number of aromatic nitrogens is 1. The highest BCUT2D eigenvalue weighted by molar-refractivity contribution is 5.98. The van der Waals surface area contributed by atoms with E-state index in [0.717, 1.165) is 4.90 Å². The maximum absolute atomic E-state index is 14.0. The summed E-state index contributed by atoms with van der Waals surface area (Å²) < 4.78 is 46.9. The molecular formula is C30H38F3N5O6. The van der Waals surface area contributed by atoms with Gasteiger partial charge in [-0.25, -0.2) is 0 Å². The number of para-hydroxylation sites is 1. The molecule has 4 N–H and O–H groups in total. The van der Waals surface area contributed by atoms with Crippen LogP contribution in [0.2, 0.25) is 0 Å². The van der Waals surface area contributed by atoms with Gasteiger partial charge in [0.2, 0.25) is 17.7 Å². The van der Waals surface area contributed by atoms with Crippen LogP contribution < -0.4 is 21.9 Å². The van der Waals surface area contributed by atoms with Crippen LogP contribution in [0, 0.1) is 17.3 Å². The number of hydrogen-bond donors (Lipinski definition) is 3. The number of aryl methyl sites for hydroxylation is 1. The summed E-state index contributed by atoms with van der Waals surface area (Å²) in [5, 5.41) is 4.86. The number of benzene rings is 1. The molecule has 4 amide bonds. The van der Waals surface area contributed by atoms with Crippen molar-refractivity contribution < 1.29 is 37.1 Å². The van der Waals surface area contributed by atoms with Crippen molar-refractivity contribution in [1.29, 1.82) is 0 Å². The number of carbonyl (C=O) groups is 4. The molecule has 1 aliphatic carbocycles. The van der Waals surface area contributed by atoms with Crippen LogP contribution in [0.5, 0.6) is 0 Å². The number of likely N-dealkylation sites (tertiary alicyclic amines) is 1. The smallest absolute Gasteiger partial charge is 0.370 e. The molecule has 1 saturated carbocycles. The Morgan fingerprint density at radius 3 is 2.27 bits per heavy atom. The number of nitrogens with zero attached hydrogens (tertiary/aromatic N) is 2. The van der Waals surface area contributed by atoms with Gasteiger partial charge in [-0.15, -0.1) is 0 Å². The Morgan fingerprint density at radius 1 is 1.09 bits per heavy atom. The quantitative estimate of drug-likeness (QED) is 0.410. The molecule has 2 heterocycles. The summed E-state index contributed by atoms with van der Waals surface area (Å²) in [5.74, 6) is -5.54. The molecule has 0 spiro atoms. The number of amides is 4. The Bertz CT molecular complexity index is 1560. The fraction of sp³-hybridized carbons (Fsp3) is 0.567. The molecule has 6 atom stereocenters. The Kier molecular flexibility index (Phi) is 8.39. The zero-order chi connectivity index (χ0) is 33.1. The summed E-state index contributed by atoms with van der Waals surface area (Å²) >= 11 is 0. The highest BCUT2D eigenvalue weighted by Crippen LogP contribution is 2.65. The lowest BCUT2D eigenvalue weighted by Crippen LogP contribution is -2.61. The Hall–Kier alpha value is -3.94. The van der Waals surface area contributed by atoms with Gasteiger partial charge in [0.25, 0.3) is 5.56 Å². The second-order valence-electron chi connectivity index (χ2n) is 13.1. The maximum atomic E-state index is 14.0. The maximum Gasteiger partial charge on any atom is 0.471 e. The van der Waals surface area contributed by atoms with Crippen molar-refractivity contribution in [2.24, 2.45) is 30.0 Å². The van der Waals surface area contributed by atoms with Crippen LogP contribution in [0.25, 0.3) is 10.9 Å². The van der Waals surface area contributed by atoms with E-state index in [1.165, 1.54) is 17.6 Å². The number of halogens is 3. The third-order valence-electron chi connectivity index (χ3n) is 8.65. The SMILES string of the molecule is C[C@@H](OC(C)(C)C)[C@H](NC(=O)C(F)(F)F)C(=O)N1C[C@H]2[C@@H]([C@H]1C(=O)NC(C(N)=O)c1cc(=O)n(C)c3ccccc13)C2(C)C. The third-order valence-corrected chi connectivity index (χ3v) is 8.65. The highest BCUT2D eigenvalue weighted by Gasteiger charge is 2.70. The van der Waals surface area contributed by atoms with E-state index in [1.54, 1.807) is 57.4 Å². The molecule has 14 heteroatoms. The molecule has 2 fully saturated rings. The van der Waals surface area contributed by atoms with Gasteiger partial charge >= 0.3 is 12.1 Å². The molecule has 4 rings (SSSR count). The number of nitrogens with one attached hydrogen (secondary N) is 2. The van der Waals surface area contributed by atoms with E-state index >= 15 is 0 Å². The van der Waals surface area contributed by atoms with Crippen molar-refractivity contribution in [1.82, 2.24) is 20.1 Å². The van der Waals surface area contributed by atoms with Gasteiger partial charge in [-0.2, -0.15) is 13.2 Å². The number of ether oxygens (including phenoxy) is 1. The van der Waals surface area contributed by atoms with Gasteiger partial charge in [0.15, 0.2) is 0 Å².